The molecule has 5 nitrogen and oxygen atoms in total. The van der Waals surface area contributed by atoms with Crippen molar-refractivity contribution in [2.24, 2.45) is 7.05 Å². The summed E-state index contributed by atoms with van der Waals surface area (Å²) in [5.74, 6) is 0.273. The number of aromatic amines is 1. The van der Waals surface area contributed by atoms with Gasteiger partial charge in [0, 0.05) is 0 Å². The van der Waals surface area contributed by atoms with Gasteiger partial charge in [-0.2, -0.15) is 0 Å². The quantitative estimate of drug-likeness (QED) is 0.426. The summed E-state index contributed by atoms with van der Waals surface area (Å²) < 4.78 is 3.15. The van der Waals surface area contributed by atoms with Crippen LogP contribution in [-0.2, 0) is 11.8 Å². The Morgan fingerprint density at radius 1 is 1.32 bits per heavy atom. The molecule has 2 N–H and O–H groups in total. The molecular formula is C18H17N4OS2+. The molecule has 2 aromatic heterocycles. The maximum Gasteiger partial charge on any atom is 0.317 e. The lowest BCUT2D eigenvalue weighted by Crippen LogP contribution is -2.29. The maximum atomic E-state index is 12.3. The summed E-state index contributed by atoms with van der Waals surface area (Å²) in [5, 5.41) is 4.50. The van der Waals surface area contributed by atoms with E-state index in [0.717, 1.165) is 26.4 Å². The van der Waals surface area contributed by atoms with Crippen molar-refractivity contribution in [2.45, 2.75) is 12.1 Å². The van der Waals surface area contributed by atoms with Crippen LogP contribution in [-0.4, -0.2) is 21.6 Å². The topological polar surface area (TPSA) is 61.7 Å². The third-order valence-corrected chi connectivity index (χ3v) is 5.93. The van der Waals surface area contributed by atoms with Gasteiger partial charge in [-0.3, -0.25) is 4.79 Å². The van der Waals surface area contributed by atoms with Crippen LogP contribution in [0, 0.1) is 6.92 Å². The Morgan fingerprint density at radius 3 is 3.00 bits per heavy atom. The lowest BCUT2D eigenvalue weighted by Gasteiger charge is -1.99. The number of H-pyrrole nitrogens is 1. The van der Waals surface area contributed by atoms with Crippen LogP contribution >= 0.6 is 23.1 Å². The smallest absolute Gasteiger partial charge is 0.301 e. The predicted octanol–water partition coefficient (Wildman–Crippen LogP) is 3.64. The fourth-order valence-electron chi connectivity index (χ4n) is 2.69. The average molecular weight is 369 g/mol. The van der Waals surface area contributed by atoms with Crippen molar-refractivity contribution in [3.63, 3.8) is 0 Å². The van der Waals surface area contributed by atoms with Gasteiger partial charge in [-0.05, 0) is 48.5 Å². The fraction of sp³-hybridized carbons (Fsp3) is 0.167. The second kappa shape index (κ2) is 6.50. The third-order valence-electron chi connectivity index (χ3n) is 3.94. The largest absolute Gasteiger partial charge is 0.317 e. The van der Waals surface area contributed by atoms with E-state index >= 15 is 0 Å². The lowest BCUT2D eigenvalue weighted by atomic mass is 10.2. The number of nitrogens with zero attached hydrogens (tertiary/aromatic N) is 2. The van der Waals surface area contributed by atoms with Gasteiger partial charge in [-0.15, -0.1) is 0 Å². The molecule has 0 unspecified atom stereocenters. The third kappa shape index (κ3) is 3.25. The van der Waals surface area contributed by atoms with E-state index in [1.54, 1.807) is 0 Å². The number of imidazole rings is 1. The van der Waals surface area contributed by atoms with Crippen molar-refractivity contribution in [2.75, 3.05) is 11.1 Å². The monoisotopic (exact) mass is 369 g/mol. The summed E-state index contributed by atoms with van der Waals surface area (Å²) in [4.78, 5) is 20.1. The summed E-state index contributed by atoms with van der Waals surface area (Å²) >= 11 is 2.98. The van der Waals surface area contributed by atoms with Gasteiger partial charge < -0.3 is 5.32 Å². The first-order chi connectivity index (χ1) is 12.1. The molecule has 0 aliphatic carbocycles. The molecule has 0 atom stereocenters. The van der Waals surface area contributed by atoms with Crippen molar-refractivity contribution >= 4 is 55.4 Å². The first-order valence-electron chi connectivity index (χ1n) is 7.87. The zero-order valence-electron chi connectivity index (χ0n) is 13.9. The van der Waals surface area contributed by atoms with E-state index in [2.05, 4.69) is 32.0 Å². The van der Waals surface area contributed by atoms with Crippen LogP contribution in [0.5, 0.6) is 0 Å². The number of hydrogen-bond acceptors (Lipinski definition) is 4. The van der Waals surface area contributed by atoms with Crippen LogP contribution in [0.1, 0.15) is 5.56 Å². The normalized spacial score (nSPS) is 11.3. The van der Waals surface area contributed by atoms with E-state index in [1.807, 2.05) is 44.3 Å². The van der Waals surface area contributed by atoms with Crippen molar-refractivity contribution in [1.29, 1.82) is 0 Å². The number of nitrogens with one attached hydrogen (secondary N) is 2. The molecule has 0 bridgehead atoms. The molecule has 0 aliphatic rings. The van der Waals surface area contributed by atoms with E-state index in [4.69, 9.17) is 0 Å². The Bertz CT molecular complexity index is 1080. The molecule has 0 radical (unpaired) electrons. The number of benzene rings is 2. The van der Waals surface area contributed by atoms with Crippen molar-refractivity contribution in [1.82, 2.24) is 9.97 Å². The molecule has 2 aromatic carbocycles. The molecule has 0 spiro atoms. The molecule has 0 fully saturated rings. The zero-order valence-corrected chi connectivity index (χ0v) is 15.5. The van der Waals surface area contributed by atoms with Crippen molar-refractivity contribution < 1.29 is 9.36 Å². The SMILES string of the molecule is Cc1ccc2nc(NC(=O)CSc3[nH]c4ccccc4[n+]3C)sc2c1. The van der Waals surface area contributed by atoms with Gasteiger partial charge in [0.2, 0.25) is 5.91 Å². The first-order valence-corrected chi connectivity index (χ1v) is 9.67. The number of carbonyl (C=O) groups excluding carboxylic acids is 1. The molecular weight excluding hydrogens is 352 g/mol. The van der Waals surface area contributed by atoms with Crippen LogP contribution in [0.2, 0.25) is 0 Å². The molecule has 0 saturated heterocycles. The van der Waals surface area contributed by atoms with Crippen molar-refractivity contribution in [3.05, 3.63) is 48.0 Å². The minimum Gasteiger partial charge on any atom is -0.301 e. The number of carbonyl (C=O) groups is 1. The van der Waals surface area contributed by atoms with Gasteiger partial charge in [0.25, 0.3) is 0 Å². The summed E-state index contributed by atoms with van der Waals surface area (Å²) in [6.45, 7) is 2.05. The van der Waals surface area contributed by atoms with Crippen LogP contribution in [0.25, 0.3) is 21.3 Å². The number of para-hydroxylation sites is 2. The number of anilines is 1. The number of hydrogen-bond donors (Lipinski definition) is 2. The molecule has 7 heteroatoms. The Balaban J connectivity index is 1.45. The highest BCUT2D eigenvalue weighted by molar-refractivity contribution is 7.99. The van der Waals surface area contributed by atoms with Gasteiger partial charge >= 0.3 is 5.16 Å². The van der Waals surface area contributed by atoms with Crippen LogP contribution in [0.4, 0.5) is 5.13 Å². The van der Waals surface area contributed by atoms with Gasteiger partial charge in [-0.1, -0.05) is 29.5 Å². The second-order valence-corrected chi connectivity index (χ2v) is 7.83. The van der Waals surface area contributed by atoms with Crippen LogP contribution in [0.15, 0.2) is 47.6 Å². The predicted molar refractivity (Wildman–Crippen MR) is 103 cm³/mol. The number of fused-ring (bicyclic) bond motifs is 2. The Hall–Kier alpha value is -2.38. The molecule has 126 valence electrons. The number of aryl methyl sites for hydroxylation is 2. The highest BCUT2D eigenvalue weighted by Crippen LogP contribution is 2.27. The second-order valence-electron chi connectivity index (χ2n) is 5.83. The van der Waals surface area contributed by atoms with E-state index in [-0.39, 0.29) is 5.91 Å². The number of amides is 1. The fourth-order valence-corrected chi connectivity index (χ4v) is 4.48. The van der Waals surface area contributed by atoms with E-state index in [0.29, 0.717) is 10.9 Å². The minimum atomic E-state index is -0.0561. The summed E-state index contributed by atoms with van der Waals surface area (Å²) in [6, 6.07) is 14.2. The van der Waals surface area contributed by atoms with E-state index < -0.39 is 0 Å². The minimum absolute atomic E-state index is 0.0561. The Kier molecular flexibility index (Phi) is 4.19. The molecule has 25 heavy (non-hydrogen) atoms. The number of thiazole rings is 1. The summed E-state index contributed by atoms with van der Waals surface area (Å²) in [6.07, 6.45) is 0. The number of aromatic nitrogens is 3. The van der Waals surface area contributed by atoms with Gasteiger partial charge in [0.1, 0.15) is 0 Å². The van der Waals surface area contributed by atoms with Gasteiger partial charge in [0.15, 0.2) is 16.2 Å². The molecule has 0 aliphatic heterocycles. The molecule has 1 amide bonds. The van der Waals surface area contributed by atoms with Crippen LogP contribution < -0.4 is 9.88 Å². The van der Waals surface area contributed by atoms with Crippen LogP contribution in [0.3, 0.4) is 0 Å². The molecule has 4 rings (SSSR count). The highest BCUT2D eigenvalue weighted by atomic mass is 32.2. The summed E-state index contributed by atoms with van der Waals surface area (Å²) in [5.41, 5.74) is 4.29. The standard InChI is InChI=1S/C18H16N4OS2/c1-11-7-8-13-15(9-11)25-17(19-13)21-16(23)10-24-18-20-12-5-3-4-6-14(12)22(18)2/h3-9H,10H2,1-2H3,(H,19,21,23)/p+1. The van der Waals surface area contributed by atoms with Crippen molar-refractivity contribution in [3.8, 4) is 0 Å². The molecule has 0 saturated carbocycles. The average Bonchev–Trinajstić information content (AvgIpc) is 3.13. The summed E-state index contributed by atoms with van der Waals surface area (Å²) in [7, 11) is 1.99. The van der Waals surface area contributed by atoms with Gasteiger partial charge in [0.05, 0.1) is 23.0 Å². The van der Waals surface area contributed by atoms with E-state index in [1.165, 1.54) is 28.7 Å². The lowest BCUT2D eigenvalue weighted by molar-refractivity contribution is -0.683. The highest BCUT2D eigenvalue weighted by Gasteiger charge is 2.17. The Labute approximate surface area is 153 Å². The molecule has 4 aromatic rings. The zero-order chi connectivity index (χ0) is 17.4. The van der Waals surface area contributed by atoms with Gasteiger partial charge in [-0.25, -0.2) is 14.5 Å². The maximum absolute atomic E-state index is 12.3. The van der Waals surface area contributed by atoms with E-state index in [9.17, 15) is 4.79 Å². The first kappa shape index (κ1) is 16.1. The Morgan fingerprint density at radius 2 is 2.16 bits per heavy atom. The molecule has 2 heterocycles. The number of rotatable bonds is 4. The number of thioether (sulfide) groups is 1.